The van der Waals surface area contributed by atoms with Crippen molar-refractivity contribution >= 4 is 28.3 Å². The van der Waals surface area contributed by atoms with Crippen LogP contribution in [0.2, 0.25) is 0 Å². The Bertz CT molecular complexity index is 512. The number of hydrogen-bond donors (Lipinski definition) is 2. The molecule has 6 nitrogen and oxygen atoms in total. The predicted molar refractivity (Wildman–Crippen MR) is 70.9 cm³/mol. The lowest BCUT2D eigenvalue weighted by molar-refractivity contribution is -0.146. The Morgan fingerprint density at radius 2 is 2.05 bits per heavy atom. The molecule has 0 saturated carbocycles. The molecule has 1 aromatic rings. The van der Waals surface area contributed by atoms with E-state index in [9.17, 15) is 9.59 Å². The summed E-state index contributed by atoms with van der Waals surface area (Å²) in [6, 6.07) is 0. The van der Waals surface area contributed by atoms with Crippen LogP contribution in [0.5, 0.6) is 0 Å². The summed E-state index contributed by atoms with van der Waals surface area (Å²) in [5, 5.41) is 20.8. The molecule has 1 aromatic heterocycles. The first-order chi connectivity index (χ1) is 9.11. The summed E-state index contributed by atoms with van der Waals surface area (Å²) in [4.78, 5) is 23.2. The molecule has 19 heavy (non-hydrogen) atoms. The van der Waals surface area contributed by atoms with Crippen molar-refractivity contribution < 1.29 is 14.7 Å². The Labute approximate surface area is 114 Å². The lowest BCUT2D eigenvalue weighted by Crippen LogP contribution is -2.34. The van der Waals surface area contributed by atoms with E-state index < -0.39 is 17.8 Å². The number of aryl methyl sites for hydroxylation is 1. The Morgan fingerprint density at radius 1 is 1.37 bits per heavy atom. The van der Waals surface area contributed by atoms with Gasteiger partial charge in [0.2, 0.25) is 11.0 Å². The molecule has 1 aliphatic carbocycles. The van der Waals surface area contributed by atoms with Crippen molar-refractivity contribution in [3.63, 3.8) is 0 Å². The average molecular weight is 281 g/mol. The summed E-state index contributed by atoms with van der Waals surface area (Å²) in [7, 11) is 0. The van der Waals surface area contributed by atoms with Gasteiger partial charge in [-0.15, -0.1) is 10.2 Å². The molecule has 2 atom stereocenters. The third-order valence-corrected chi connectivity index (χ3v) is 4.07. The van der Waals surface area contributed by atoms with Crippen LogP contribution >= 0.6 is 11.3 Å². The fourth-order valence-corrected chi connectivity index (χ4v) is 2.70. The van der Waals surface area contributed by atoms with Crippen LogP contribution in [0, 0.1) is 11.8 Å². The van der Waals surface area contributed by atoms with Crippen molar-refractivity contribution in [3.8, 4) is 0 Å². The van der Waals surface area contributed by atoms with Gasteiger partial charge < -0.3 is 10.4 Å². The van der Waals surface area contributed by atoms with E-state index in [1.807, 2.05) is 19.1 Å². The van der Waals surface area contributed by atoms with Crippen LogP contribution in [0.3, 0.4) is 0 Å². The third kappa shape index (κ3) is 3.17. The number of hydrogen-bond acceptors (Lipinski definition) is 5. The van der Waals surface area contributed by atoms with Gasteiger partial charge in [0, 0.05) is 0 Å². The van der Waals surface area contributed by atoms with E-state index >= 15 is 0 Å². The number of aliphatic carboxylic acids is 1. The van der Waals surface area contributed by atoms with E-state index in [0.29, 0.717) is 18.0 Å². The second-order valence-corrected chi connectivity index (χ2v) is 5.40. The Balaban J connectivity index is 2.05. The smallest absolute Gasteiger partial charge is 0.307 e. The lowest BCUT2D eigenvalue weighted by atomic mass is 9.82. The minimum atomic E-state index is -0.934. The minimum absolute atomic E-state index is 0.296. The normalized spacial score (nSPS) is 22.2. The van der Waals surface area contributed by atoms with Gasteiger partial charge in [0.1, 0.15) is 5.01 Å². The SMILES string of the molecule is CCc1nnc(NC(=O)C2CC=CCC2C(=O)O)s1. The van der Waals surface area contributed by atoms with E-state index in [4.69, 9.17) is 5.11 Å². The zero-order valence-corrected chi connectivity index (χ0v) is 11.3. The highest BCUT2D eigenvalue weighted by molar-refractivity contribution is 7.15. The molecule has 102 valence electrons. The summed E-state index contributed by atoms with van der Waals surface area (Å²) in [5.41, 5.74) is 0. The average Bonchev–Trinajstić information content (AvgIpc) is 2.86. The van der Waals surface area contributed by atoms with Gasteiger partial charge in [-0.1, -0.05) is 30.4 Å². The number of nitrogens with one attached hydrogen (secondary N) is 1. The summed E-state index contributed by atoms with van der Waals surface area (Å²) in [6.45, 7) is 1.96. The van der Waals surface area contributed by atoms with Gasteiger partial charge in [-0.25, -0.2) is 0 Å². The van der Waals surface area contributed by atoms with Crippen molar-refractivity contribution in [2.45, 2.75) is 26.2 Å². The Kier molecular flexibility index (Phi) is 4.26. The Hall–Kier alpha value is -1.76. The second kappa shape index (κ2) is 5.92. The van der Waals surface area contributed by atoms with Gasteiger partial charge in [0.15, 0.2) is 0 Å². The van der Waals surface area contributed by atoms with Gasteiger partial charge >= 0.3 is 5.97 Å². The first-order valence-electron chi connectivity index (χ1n) is 6.12. The van der Waals surface area contributed by atoms with Crippen molar-refractivity contribution in [2.24, 2.45) is 11.8 Å². The van der Waals surface area contributed by atoms with Crippen molar-refractivity contribution in [1.82, 2.24) is 10.2 Å². The van der Waals surface area contributed by atoms with Crippen molar-refractivity contribution in [1.29, 1.82) is 0 Å². The largest absolute Gasteiger partial charge is 0.481 e. The number of aromatic nitrogens is 2. The molecule has 2 N–H and O–H groups in total. The first kappa shape index (κ1) is 13.7. The van der Waals surface area contributed by atoms with E-state index in [1.165, 1.54) is 11.3 Å². The molecular formula is C12H15N3O3S. The number of carboxylic acid groups (broad SMARTS) is 1. The van der Waals surface area contributed by atoms with Gasteiger partial charge in [-0.2, -0.15) is 0 Å². The highest BCUT2D eigenvalue weighted by Gasteiger charge is 2.34. The molecule has 0 aliphatic heterocycles. The zero-order chi connectivity index (χ0) is 13.8. The van der Waals surface area contributed by atoms with Crippen LogP contribution in [0.15, 0.2) is 12.2 Å². The van der Waals surface area contributed by atoms with Gasteiger partial charge in [-0.3, -0.25) is 9.59 Å². The fourth-order valence-electron chi connectivity index (χ4n) is 2.02. The Morgan fingerprint density at radius 3 is 2.63 bits per heavy atom. The molecule has 7 heteroatoms. The molecule has 2 unspecified atom stereocenters. The maximum absolute atomic E-state index is 12.1. The maximum Gasteiger partial charge on any atom is 0.307 e. The molecular weight excluding hydrogens is 266 g/mol. The summed E-state index contributed by atoms with van der Waals surface area (Å²) >= 11 is 1.32. The quantitative estimate of drug-likeness (QED) is 0.820. The number of carboxylic acids is 1. The summed E-state index contributed by atoms with van der Waals surface area (Å²) in [6.07, 6.45) is 5.26. The molecule has 0 saturated heterocycles. The summed E-state index contributed by atoms with van der Waals surface area (Å²) in [5.74, 6) is -2.44. The van der Waals surface area contributed by atoms with Gasteiger partial charge in [0.05, 0.1) is 11.8 Å². The first-order valence-corrected chi connectivity index (χ1v) is 6.94. The minimum Gasteiger partial charge on any atom is -0.481 e. The van der Waals surface area contributed by atoms with Crippen LogP contribution in [-0.2, 0) is 16.0 Å². The van der Waals surface area contributed by atoms with Crippen LogP contribution in [0.25, 0.3) is 0 Å². The molecule has 0 fully saturated rings. The number of anilines is 1. The van der Waals surface area contributed by atoms with E-state index in [0.717, 1.165) is 11.4 Å². The maximum atomic E-state index is 12.1. The molecule has 0 radical (unpaired) electrons. The standard InChI is InChI=1S/C12H15N3O3S/c1-2-9-14-15-12(19-9)13-10(16)7-5-3-4-6-8(7)11(17)18/h3-4,7-8H,2,5-6H2,1H3,(H,17,18)(H,13,15,16). The third-order valence-electron chi connectivity index (χ3n) is 3.09. The molecule has 1 amide bonds. The topological polar surface area (TPSA) is 92.2 Å². The monoisotopic (exact) mass is 281 g/mol. The number of amides is 1. The highest BCUT2D eigenvalue weighted by Crippen LogP contribution is 2.27. The molecule has 1 aliphatic rings. The molecule has 0 spiro atoms. The zero-order valence-electron chi connectivity index (χ0n) is 10.5. The van der Waals surface area contributed by atoms with E-state index in [2.05, 4.69) is 15.5 Å². The van der Waals surface area contributed by atoms with Crippen molar-refractivity contribution in [2.75, 3.05) is 5.32 Å². The van der Waals surface area contributed by atoms with Crippen molar-refractivity contribution in [3.05, 3.63) is 17.2 Å². The molecule has 1 heterocycles. The summed E-state index contributed by atoms with van der Waals surface area (Å²) < 4.78 is 0. The van der Waals surface area contributed by atoms with E-state index in [1.54, 1.807) is 0 Å². The van der Waals surface area contributed by atoms with E-state index in [-0.39, 0.29) is 5.91 Å². The van der Waals surface area contributed by atoms with Crippen LogP contribution in [-0.4, -0.2) is 27.2 Å². The highest BCUT2D eigenvalue weighted by atomic mass is 32.1. The number of nitrogens with zero attached hydrogens (tertiary/aromatic N) is 2. The van der Waals surface area contributed by atoms with Gasteiger partial charge in [-0.05, 0) is 19.3 Å². The fraction of sp³-hybridized carbons (Fsp3) is 0.500. The van der Waals surface area contributed by atoms with Crippen LogP contribution in [0.4, 0.5) is 5.13 Å². The second-order valence-electron chi connectivity index (χ2n) is 4.34. The molecule has 0 bridgehead atoms. The van der Waals surface area contributed by atoms with Crippen LogP contribution in [0.1, 0.15) is 24.8 Å². The predicted octanol–water partition coefficient (Wildman–Crippen LogP) is 1.71. The lowest BCUT2D eigenvalue weighted by Gasteiger charge is -2.23. The molecule has 0 aromatic carbocycles. The number of carbonyl (C=O) groups excluding carboxylic acids is 1. The van der Waals surface area contributed by atoms with Crippen LogP contribution < -0.4 is 5.32 Å². The number of carbonyl (C=O) groups is 2. The molecule has 2 rings (SSSR count). The number of allylic oxidation sites excluding steroid dienone is 2. The number of rotatable bonds is 4. The van der Waals surface area contributed by atoms with Gasteiger partial charge in [0.25, 0.3) is 0 Å².